The Hall–Kier alpha value is -1.08. The first-order chi connectivity index (χ1) is 8.90. The molecule has 1 saturated heterocycles. The standard InChI is InChI=1S/C17H23N/c1-2-13-8-9-15(14-6-4-3-5-7-14)16-10-11-18-12-17(13)16/h3-7,13,17-18H,2,8-12H2,1H3. The van der Waals surface area contributed by atoms with Crippen LogP contribution < -0.4 is 5.32 Å². The minimum atomic E-state index is 0.799. The Labute approximate surface area is 110 Å². The molecule has 0 saturated carbocycles. The van der Waals surface area contributed by atoms with E-state index in [0.29, 0.717) is 0 Å². The zero-order valence-electron chi connectivity index (χ0n) is 11.3. The Bertz CT molecular complexity index is 432. The highest BCUT2D eigenvalue weighted by atomic mass is 14.9. The van der Waals surface area contributed by atoms with E-state index in [2.05, 4.69) is 42.6 Å². The van der Waals surface area contributed by atoms with Gasteiger partial charge >= 0.3 is 0 Å². The predicted molar refractivity (Wildman–Crippen MR) is 77.4 cm³/mol. The number of fused-ring (bicyclic) bond motifs is 1. The van der Waals surface area contributed by atoms with Gasteiger partial charge in [0.2, 0.25) is 0 Å². The summed E-state index contributed by atoms with van der Waals surface area (Å²) in [4.78, 5) is 0. The van der Waals surface area contributed by atoms with Gasteiger partial charge < -0.3 is 5.32 Å². The molecule has 1 aliphatic heterocycles. The van der Waals surface area contributed by atoms with Crippen molar-refractivity contribution in [2.24, 2.45) is 11.8 Å². The molecule has 1 aromatic rings. The fraction of sp³-hybridized carbons (Fsp3) is 0.529. The van der Waals surface area contributed by atoms with E-state index in [9.17, 15) is 0 Å². The number of piperidine rings is 1. The molecule has 1 nitrogen and oxygen atoms in total. The lowest BCUT2D eigenvalue weighted by Gasteiger charge is -2.39. The topological polar surface area (TPSA) is 12.0 Å². The van der Waals surface area contributed by atoms with Gasteiger partial charge in [-0.05, 0) is 48.8 Å². The third-order valence-corrected chi connectivity index (χ3v) is 4.75. The molecule has 3 rings (SSSR count). The zero-order valence-corrected chi connectivity index (χ0v) is 11.3. The molecule has 2 aliphatic rings. The lowest BCUT2D eigenvalue weighted by Crippen LogP contribution is -2.38. The molecule has 18 heavy (non-hydrogen) atoms. The molecule has 0 radical (unpaired) electrons. The number of hydrogen-bond acceptors (Lipinski definition) is 1. The largest absolute Gasteiger partial charge is 0.316 e. The van der Waals surface area contributed by atoms with Crippen molar-refractivity contribution in [3.8, 4) is 0 Å². The van der Waals surface area contributed by atoms with Crippen LogP contribution in [0.25, 0.3) is 5.57 Å². The SMILES string of the molecule is CCC1CCC(c2ccccc2)=C2CCNCC21. The minimum absolute atomic E-state index is 0.799. The highest BCUT2D eigenvalue weighted by molar-refractivity contribution is 5.70. The first-order valence-electron chi connectivity index (χ1n) is 7.38. The second kappa shape index (κ2) is 5.27. The smallest absolute Gasteiger partial charge is 0.00199 e. The molecule has 1 fully saturated rings. The second-order valence-electron chi connectivity index (χ2n) is 5.64. The molecule has 0 amide bonds. The van der Waals surface area contributed by atoms with Crippen molar-refractivity contribution in [2.75, 3.05) is 13.1 Å². The Balaban J connectivity index is 1.99. The Morgan fingerprint density at radius 3 is 2.78 bits per heavy atom. The zero-order chi connectivity index (χ0) is 12.4. The maximum absolute atomic E-state index is 3.59. The molecule has 1 aromatic carbocycles. The average Bonchev–Trinajstić information content (AvgIpc) is 2.47. The van der Waals surface area contributed by atoms with E-state index in [1.807, 2.05) is 0 Å². The number of benzene rings is 1. The summed E-state index contributed by atoms with van der Waals surface area (Å²) in [5, 5.41) is 3.59. The first-order valence-corrected chi connectivity index (χ1v) is 7.38. The number of rotatable bonds is 2. The van der Waals surface area contributed by atoms with Crippen LogP contribution in [0.2, 0.25) is 0 Å². The fourth-order valence-corrected chi connectivity index (χ4v) is 3.76. The van der Waals surface area contributed by atoms with Crippen molar-refractivity contribution in [1.82, 2.24) is 5.32 Å². The lowest BCUT2D eigenvalue weighted by atomic mass is 9.70. The van der Waals surface area contributed by atoms with Gasteiger partial charge in [-0.2, -0.15) is 0 Å². The predicted octanol–water partition coefficient (Wildman–Crippen LogP) is 3.87. The molecule has 96 valence electrons. The van der Waals surface area contributed by atoms with Crippen LogP contribution in [0.4, 0.5) is 0 Å². The van der Waals surface area contributed by atoms with Crippen LogP contribution in [0.5, 0.6) is 0 Å². The van der Waals surface area contributed by atoms with Gasteiger partial charge in [0.15, 0.2) is 0 Å². The normalized spacial score (nSPS) is 28.1. The van der Waals surface area contributed by atoms with Crippen molar-refractivity contribution in [2.45, 2.75) is 32.6 Å². The van der Waals surface area contributed by atoms with Crippen LogP contribution in [0.1, 0.15) is 38.2 Å². The Morgan fingerprint density at radius 2 is 2.00 bits per heavy atom. The van der Waals surface area contributed by atoms with Gasteiger partial charge in [0, 0.05) is 6.54 Å². The van der Waals surface area contributed by atoms with Gasteiger partial charge in [0.05, 0.1) is 0 Å². The van der Waals surface area contributed by atoms with Crippen LogP contribution in [0.3, 0.4) is 0 Å². The Kier molecular flexibility index (Phi) is 3.51. The molecule has 1 aliphatic carbocycles. The summed E-state index contributed by atoms with van der Waals surface area (Å²) in [7, 11) is 0. The fourth-order valence-electron chi connectivity index (χ4n) is 3.76. The summed E-state index contributed by atoms with van der Waals surface area (Å²) in [6.07, 6.45) is 5.24. The molecule has 0 spiro atoms. The van der Waals surface area contributed by atoms with Crippen LogP contribution in [0.15, 0.2) is 35.9 Å². The van der Waals surface area contributed by atoms with E-state index in [1.54, 1.807) is 11.1 Å². The lowest BCUT2D eigenvalue weighted by molar-refractivity contribution is 0.294. The molecule has 0 aromatic heterocycles. The van der Waals surface area contributed by atoms with Crippen LogP contribution in [-0.2, 0) is 0 Å². The van der Waals surface area contributed by atoms with Gasteiger partial charge in [0.25, 0.3) is 0 Å². The van der Waals surface area contributed by atoms with E-state index in [4.69, 9.17) is 0 Å². The molecule has 0 bridgehead atoms. The number of allylic oxidation sites excluding steroid dienone is 1. The van der Waals surface area contributed by atoms with Crippen LogP contribution in [-0.4, -0.2) is 13.1 Å². The van der Waals surface area contributed by atoms with Crippen molar-refractivity contribution in [3.05, 3.63) is 41.5 Å². The number of nitrogens with one attached hydrogen (secondary N) is 1. The highest BCUT2D eigenvalue weighted by Gasteiger charge is 2.32. The molecular formula is C17H23N. The van der Waals surface area contributed by atoms with Gasteiger partial charge in [-0.15, -0.1) is 0 Å². The van der Waals surface area contributed by atoms with E-state index < -0.39 is 0 Å². The molecule has 1 N–H and O–H groups in total. The monoisotopic (exact) mass is 241 g/mol. The second-order valence-corrected chi connectivity index (χ2v) is 5.64. The maximum Gasteiger partial charge on any atom is 0.00199 e. The number of hydrogen-bond donors (Lipinski definition) is 1. The summed E-state index contributed by atoms with van der Waals surface area (Å²) >= 11 is 0. The Morgan fingerprint density at radius 1 is 1.17 bits per heavy atom. The van der Waals surface area contributed by atoms with E-state index in [0.717, 1.165) is 11.8 Å². The average molecular weight is 241 g/mol. The molecule has 2 atom stereocenters. The summed E-state index contributed by atoms with van der Waals surface area (Å²) in [5.74, 6) is 1.70. The van der Waals surface area contributed by atoms with E-state index >= 15 is 0 Å². The van der Waals surface area contributed by atoms with Crippen LogP contribution >= 0.6 is 0 Å². The van der Waals surface area contributed by atoms with Crippen molar-refractivity contribution >= 4 is 5.57 Å². The summed E-state index contributed by atoms with van der Waals surface area (Å²) in [6.45, 7) is 4.72. The van der Waals surface area contributed by atoms with E-state index in [1.165, 1.54) is 44.3 Å². The summed E-state index contributed by atoms with van der Waals surface area (Å²) in [5.41, 5.74) is 4.89. The van der Waals surface area contributed by atoms with Crippen molar-refractivity contribution < 1.29 is 0 Å². The minimum Gasteiger partial charge on any atom is -0.316 e. The van der Waals surface area contributed by atoms with Gasteiger partial charge in [-0.1, -0.05) is 49.2 Å². The maximum atomic E-state index is 3.59. The molecular weight excluding hydrogens is 218 g/mol. The van der Waals surface area contributed by atoms with Crippen LogP contribution in [0, 0.1) is 11.8 Å². The summed E-state index contributed by atoms with van der Waals surface area (Å²) < 4.78 is 0. The van der Waals surface area contributed by atoms with Gasteiger partial charge in [-0.3, -0.25) is 0 Å². The third-order valence-electron chi connectivity index (χ3n) is 4.75. The highest BCUT2D eigenvalue weighted by Crippen LogP contribution is 2.42. The third kappa shape index (κ3) is 2.12. The van der Waals surface area contributed by atoms with Gasteiger partial charge in [0.1, 0.15) is 0 Å². The van der Waals surface area contributed by atoms with Crippen molar-refractivity contribution in [1.29, 1.82) is 0 Å². The van der Waals surface area contributed by atoms with Crippen molar-refractivity contribution in [3.63, 3.8) is 0 Å². The molecule has 2 unspecified atom stereocenters. The van der Waals surface area contributed by atoms with E-state index in [-0.39, 0.29) is 0 Å². The van der Waals surface area contributed by atoms with Gasteiger partial charge in [-0.25, -0.2) is 0 Å². The first kappa shape index (κ1) is 12.0. The molecule has 1 heteroatoms. The molecule has 1 heterocycles. The quantitative estimate of drug-likeness (QED) is 0.829. The summed E-state index contributed by atoms with van der Waals surface area (Å²) in [6, 6.07) is 11.0.